The van der Waals surface area contributed by atoms with Crippen LogP contribution in [0.4, 0.5) is 0 Å². The first kappa shape index (κ1) is 12.6. The smallest absolute Gasteiger partial charge is 0.123 e. The van der Waals surface area contributed by atoms with E-state index in [2.05, 4.69) is 55.1 Å². The maximum absolute atomic E-state index is 5.38. The molecule has 0 amide bonds. The zero-order valence-electron chi connectivity index (χ0n) is 11.4. The lowest BCUT2D eigenvalue weighted by Crippen LogP contribution is -2.17. The topological polar surface area (TPSA) is 26.2 Å². The molecule has 0 aliphatic rings. The summed E-state index contributed by atoms with van der Waals surface area (Å²) in [5.41, 5.74) is 8.25. The second kappa shape index (κ2) is 5.17. The van der Waals surface area contributed by atoms with E-state index in [1.54, 1.807) is 7.11 Å². The largest absolute Gasteiger partial charge is 0.496 e. The number of rotatable bonds is 4. The van der Waals surface area contributed by atoms with Crippen molar-refractivity contribution in [3.63, 3.8) is 0 Å². The summed E-state index contributed by atoms with van der Waals surface area (Å²) >= 11 is 0. The molecule has 0 fully saturated rings. The Labute approximate surface area is 108 Å². The van der Waals surface area contributed by atoms with Gasteiger partial charge < -0.3 is 10.2 Å². The molecule has 2 aromatic rings. The summed E-state index contributed by atoms with van der Waals surface area (Å²) in [6.07, 6.45) is 0. The predicted molar refractivity (Wildman–Crippen MR) is 74.7 cm³/mol. The number of aryl methyl sites for hydroxylation is 3. The minimum Gasteiger partial charge on any atom is -0.496 e. The summed E-state index contributed by atoms with van der Waals surface area (Å²) in [6, 6.07) is 10.4. The highest BCUT2D eigenvalue weighted by molar-refractivity contribution is 5.37. The molecule has 1 N–H and O–H groups in total. The Bertz CT molecular complexity index is 524. The van der Waals surface area contributed by atoms with Crippen molar-refractivity contribution in [1.82, 2.24) is 4.68 Å². The number of aromatic nitrogens is 1. The average molecular weight is 244 g/mol. The zero-order valence-corrected chi connectivity index (χ0v) is 11.4. The molecule has 0 spiro atoms. The molecule has 96 valence electrons. The van der Waals surface area contributed by atoms with Crippen molar-refractivity contribution in [2.75, 3.05) is 12.5 Å². The number of hydrogen-bond acceptors (Lipinski definition) is 2. The van der Waals surface area contributed by atoms with Crippen molar-refractivity contribution in [2.45, 2.75) is 27.3 Å². The van der Waals surface area contributed by atoms with Gasteiger partial charge in [-0.25, -0.2) is 0 Å². The van der Waals surface area contributed by atoms with Crippen LogP contribution in [0.3, 0.4) is 0 Å². The SMILES string of the molecule is COc1ccc(C)cc1CNn1c(C)ccc1C. The van der Waals surface area contributed by atoms with E-state index in [0.29, 0.717) is 0 Å². The third-order valence-electron chi connectivity index (χ3n) is 3.13. The molecule has 18 heavy (non-hydrogen) atoms. The van der Waals surface area contributed by atoms with Crippen LogP contribution >= 0.6 is 0 Å². The molecular formula is C15H20N2O. The van der Waals surface area contributed by atoms with E-state index in [1.807, 2.05) is 6.07 Å². The number of nitrogens with zero attached hydrogens (tertiary/aromatic N) is 1. The van der Waals surface area contributed by atoms with Crippen LogP contribution in [0.25, 0.3) is 0 Å². The number of methoxy groups -OCH3 is 1. The molecule has 0 radical (unpaired) electrons. The first-order valence-corrected chi connectivity index (χ1v) is 6.14. The predicted octanol–water partition coefficient (Wildman–Crippen LogP) is 3.17. The first-order valence-electron chi connectivity index (χ1n) is 6.14. The van der Waals surface area contributed by atoms with Gasteiger partial charge in [0.1, 0.15) is 5.75 Å². The fourth-order valence-electron chi connectivity index (χ4n) is 2.13. The number of benzene rings is 1. The molecule has 0 saturated heterocycles. The molecule has 0 aliphatic heterocycles. The van der Waals surface area contributed by atoms with Crippen LogP contribution < -0.4 is 10.2 Å². The maximum Gasteiger partial charge on any atom is 0.123 e. The molecule has 3 heteroatoms. The van der Waals surface area contributed by atoms with E-state index in [-0.39, 0.29) is 0 Å². The Morgan fingerprint density at radius 2 is 1.72 bits per heavy atom. The molecule has 0 saturated carbocycles. The van der Waals surface area contributed by atoms with Crippen LogP contribution in [0.2, 0.25) is 0 Å². The molecule has 2 rings (SSSR count). The van der Waals surface area contributed by atoms with Gasteiger partial charge in [-0.1, -0.05) is 17.7 Å². The Balaban J connectivity index is 2.17. The lowest BCUT2D eigenvalue weighted by Gasteiger charge is -2.15. The molecule has 0 aliphatic carbocycles. The van der Waals surface area contributed by atoms with E-state index < -0.39 is 0 Å². The fourth-order valence-corrected chi connectivity index (χ4v) is 2.13. The second-order valence-corrected chi connectivity index (χ2v) is 4.60. The van der Waals surface area contributed by atoms with Gasteiger partial charge in [0, 0.05) is 17.0 Å². The van der Waals surface area contributed by atoms with Crippen LogP contribution in [0.5, 0.6) is 5.75 Å². The number of nitrogens with one attached hydrogen (secondary N) is 1. The highest BCUT2D eigenvalue weighted by atomic mass is 16.5. The molecular weight excluding hydrogens is 224 g/mol. The summed E-state index contributed by atoms with van der Waals surface area (Å²) in [4.78, 5) is 0. The summed E-state index contributed by atoms with van der Waals surface area (Å²) in [5, 5.41) is 0. The van der Waals surface area contributed by atoms with Gasteiger partial charge in [0.15, 0.2) is 0 Å². The molecule has 1 aromatic heterocycles. The molecule has 1 heterocycles. The second-order valence-electron chi connectivity index (χ2n) is 4.60. The minimum absolute atomic E-state index is 0.751. The van der Waals surface area contributed by atoms with Crippen molar-refractivity contribution in [1.29, 1.82) is 0 Å². The third-order valence-corrected chi connectivity index (χ3v) is 3.13. The van der Waals surface area contributed by atoms with Crippen LogP contribution in [0.15, 0.2) is 30.3 Å². The Hall–Kier alpha value is -1.90. The van der Waals surface area contributed by atoms with Gasteiger partial charge >= 0.3 is 0 Å². The first-order chi connectivity index (χ1) is 8.61. The normalized spacial score (nSPS) is 10.4. The lowest BCUT2D eigenvalue weighted by molar-refractivity contribution is 0.409. The van der Waals surface area contributed by atoms with E-state index in [1.165, 1.54) is 22.5 Å². The lowest BCUT2D eigenvalue weighted by atomic mass is 10.1. The minimum atomic E-state index is 0.751. The van der Waals surface area contributed by atoms with Gasteiger partial charge in [-0.2, -0.15) is 0 Å². The Morgan fingerprint density at radius 3 is 2.33 bits per heavy atom. The van der Waals surface area contributed by atoms with Gasteiger partial charge in [0.2, 0.25) is 0 Å². The van der Waals surface area contributed by atoms with Crippen molar-refractivity contribution in [2.24, 2.45) is 0 Å². The van der Waals surface area contributed by atoms with E-state index in [4.69, 9.17) is 4.74 Å². The average Bonchev–Trinajstić information content (AvgIpc) is 2.67. The third kappa shape index (κ3) is 2.50. The molecule has 3 nitrogen and oxygen atoms in total. The maximum atomic E-state index is 5.38. The van der Waals surface area contributed by atoms with Crippen molar-refractivity contribution >= 4 is 0 Å². The quantitative estimate of drug-likeness (QED) is 0.894. The van der Waals surface area contributed by atoms with Gasteiger partial charge in [0.25, 0.3) is 0 Å². The Kier molecular flexibility index (Phi) is 3.60. The van der Waals surface area contributed by atoms with E-state index in [0.717, 1.165) is 12.3 Å². The number of ether oxygens (including phenoxy) is 1. The van der Waals surface area contributed by atoms with Crippen LogP contribution in [0.1, 0.15) is 22.5 Å². The van der Waals surface area contributed by atoms with E-state index in [9.17, 15) is 0 Å². The molecule has 0 unspecified atom stereocenters. The number of hydrogen-bond donors (Lipinski definition) is 1. The van der Waals surface area contributed by atoms with Crippen molar-refractivity contribution < 1.29 is 4.74 Å². The fraction of sp³-hybridized carbons (Fsp3) is 0.333. The van der Waals surface area contributed by atoms with Gasteiger partial charge in [-0.15, -0.1) is 0 Å². The highest BCUT2D eigenvalue weighted by Crippen LogP contribution is 2.20. The van der Waals surface area contributed by atoms with Crippen LogP contribution in [-0.4, -0.2) is 11.8 Å². The van der Waals surface area contributed by atoms with Crippen molar-refractivity contribution in [3.8, 4) is 5.75 Å². The molecule has 0 atom stereocenters. The van der Waals surface area contributed by atoms with Crippen molar-refractivity contribution in [3.05, 3.63) is 52.8 Å². The van der Waals surface area contributed by atoms with Crippen LogP contribution in [-0.2, 0) is 6.54 Å². The summed E-state index contributed by atoms with van der Waals surface area (Å²) in [5.74, 6) is 0.926. The molecule has 0 bridgehead atoms. The van der Waals surface area contributed by atoms with E-state index >= 15 is 0 Å². The standard InChI is InChI=1S/C15H20N2O/c1-11-5-8-15(18-4)14(9-11)10-16-17-12(2)6-7-13(17)3/h5-9,16H,10H2,1-4H3. The highest BCUT2D eigenvalue weighted by Gasteiger charge is 2.05. The van der Waals surface area contributed by atoms with Crippen LogP contribution in [0, 0.1) is 20.8 Å². The van der Waals surface area contributed by atoms with Gasteiger partial charge in [0.05, 0.1) is 13.7 Å². The summed E-state index contributed by atoms with van der Waals surface area (Å²) in [7, 11) is 1.71. The summed E-state index contributed by atoms with van der Waals surface area (Å²) < 4.78 is 7.48. The Morgan fingerprint density at radius 1 is 1.06 bits per heavy atom. The zero-order chi connectivity index (χ0) is 13.1. The van der Waals surface area contributed by atoms with Gasteiger partial charge in [-0.05, 0) is 39.0 Å². The summed E-state index contributed by atoms with van der Waals surface area (Å²) in [6.45, 7) is 7.03. The molecule has 1 aromatic carbocycles. The van der Waals surface area contributed by atoms with Gasteiger partial charge in [-0.3, -0.25) is 4.68 Å². The monoisotopic (exact) mass is 244 g/mol.